The fourth-order valence-corrected chi connectivity index (χ4v) is 2.89. The topological polar surface area (TPSA) is 91.7 Å². The zero-order valence-corrected chi connectivity index (χ0v) is 15.2. The largest absolute Gasteiger partial charge is 0.480 e. The third-order valence-corrected chi connectivity index (χ3v) is 4.66. The Balaban J connectivity index is 3.65. The molecule has 0 saturated heterocycles. The van der Waals surface area contributed by atoms with E-state index in [0.29, 0.717) is 6.42 Å². The van der Waals surface area contributed by atoms with Crippen LogP contribution in [-0.4, -0.2) is 29.3 Å². The minimum absolute atomic E-state index is 0.0404. The maximum absolute atomic E-state index is 10.9. The summed E-state index contributed by atoms with van der Waals surface area (Å²) in [6.45, 7) is 2.11. The molecule has 1 atom stereocenters. The van der Waals surface area contributed by atoms with Crippen molar-refractivity contribution < 1.29 is 22.9 Å². The zero-order valence-electron chi connectivity index (χ0n) is 14.4. The molecule has 6 heteroatoms. The van der Waals surface area contributed by atoms with Crippen LogP contribution in [0.25, 0.3) is 0 Å². The molecule has 0 spiro atoms. The van der Waals surface area contributed by atoms with Crippen LogP contribution in [0.4, 0.5) is 0 Å². The van der Waals surface area contributed by atoms with Gasteiger partial charge in [-0.3, -0.25) is 9.35 Å². The van der Waals surface area contributed by atoms with Crippen LogP contribution < -0.4 is 0 Å². The van der Waals surface area contributed by atoms with Crippen LogP contribution in [0.5, 0.6) is 0 Å². The van der Waals surface area contributed by atoms with Gasteiger partial charge in [-0.05, 0) is 38.5 Å². The number of aliphatic carboxylic acids is 1. The number of allylic oxidation sites excluding steroid dienone is 6. The zero-order chi connectivity index (χ0) is 18.3. The highest BCUT2D eigenvalue weighted by molar-refractivity contribution is 7.87. The van der Waals surface area contributed by atoms with E-state index < -0.39 is 21.3 Å². The summed E-state index contributed by atoms with van der Waals surface area (Å²) in [4.78, 5) is 10.8. The molecule has 0 aromatic heterocycles. The van der Waals surface area contributed by atoms with Crippen LogP contribution >= 0.6 is 0 Å². The van der Waals surface area contributed by atoms with Crippen molar-refractivity contribution in [2.24, 2.45) is 0 Å². The van der Waals surface area contributed by atoms with E-state index in [1.807, 2.05) is 0 Å². The molecule has 0 aromatic carbocycles. The molecule has 0 fully saturated rings. The first-order valence-electron chi connectivity index (χ1n) is 8.53. The van der Waals surface area contributed by atoms with Crippen molar-refractivity contribution in [3.05, 3.63) is 36.5 Å². The minimum Gasteiger partial charge on any atom is -0.480 e. The molecule has 0 rings (SSSR count). The predicted molar refractivity (Wildman–Crippen MR) is 97.6 cm³/mol. The van der Waals surface area contributed by atoms with E-state index in [-0.39, 0.29) is 6.42 Å². The van der Waals surface area contributed by atoms with Gasteiger partial charge in [0.25, 0.3) is 10.1 Å². The van der Waals surface area contributed by atoms with Crippen molar-refractivity contribution in [3.8, 4) is 0 Å². The first-order chi connectivity index (χ1) is 11.4. The Bertz CT molecular complexity index is 518. The first kappa shape index (κ1) is 22.6. The molecule has 0 aliphatic rings. The summed E-state index contributed by atoms with van der Waals surface area (Å²) >= 11 is 0. The Kier molecular flexibility index (Phi) is 13.2. The lowest BCUT2D eigenvalue weighted by molar-refractivity contribution is -0.136. The smallest absolute Gasteiger partial charge is 0.324 e. The fraction of sp³-hybridized carbons (Fsp3) is 0.611. The van der Waals surface area contributed by atoms with Crippen molar-refractivity contribution in [1.82, 2.24) is 0 Å². The van der Waals surface area contributed by atoms with Gasteiger partial charge in [0, 0.05) is 0 Å². The third-order valence-electron chi connectivity index (χ3n) is 3.50. The van der Waals surface area contributed by atoms with Gasteiger partial charge in [0.1, 0.15) is 0 Å². The summed E-state index contributed by atoms with van der Waals surface area (Å²) in [7, 11) is -4.50. The lowest BCUT2D eigenvalue weighted by atomic mass is 10.1. The van der Waals surface area contributed by atoms with Gasteiger partial charge in [-0.2, -0.15) is 8.42 Å². The maximum atomic E-state index is 10.9. The molecule has 24 heavy (non-hydrogen) atoms. The second-order valence-electron chi connectivity index (χ2n) is 5.63. The number of hydrogen-bond donors (Lipinski definition) is 2. The molecule has 5 nitrogen and oxygen atoms in total. The van der Waals surface area contributed by atoms with Gasteiger partial charge in [-0.1, -0.05) is 62.6 Å². The van der Waals surface area contributed by atoms with E-state index in [9.17, 15) is 13.2 Å². The predicted octanol–water partition coefficient (Wildman–Crippen LogP) is 4.53. The molecule has 0 bridgehead atoms. The number of hydrogen-bond acceptors (Lipinski definition) is 3. The van der Waals surface area contributed by atoms with Gasteiger partial charge in [0.2, 0.25) is 0 Å². The van der Waals surface area contributed by atoms with E-state index in [2.05, 4.69) is 43.4 Å². The highest BCUT2D eigenvalue weighted by Gasteiger charge is 2.29. The molecule has 138 valence electrons. The Morgan fingerprint density at radius 2 is 1.46 bits per heavy atom. The van der Waals surface area contributed by atoms with Gasteiger partial charge in [-0.25, -0.2) is 0 Å². The van der Waals surface area contributed by atoms with Crippen molar-refractivity contribution in [3.63, 3.8) is 0 Å². The monoisotopic (exact) mass is 358 g/mol. The fourth-order valence-electron chi connectivity index (χ4n) is 2.17. The quantitative estimate of drug-likeness (QED) is 0.270. The van der Waals surface area contributed by atoms with Crippen molar-refractivity contribution >= 4 is 16.1 Å². The summed E-state index contributed by atoms with van der Waals surface area (Å²) in [5, 5.41) is 7.06. The van der Waals surface area contributed by atoms with Crippen LogP contribution in [0, 0.1) is 0 Å². The summed E-state index contributed by atoms with van der Waals surface area (Å²) in [6, 6.07) is 0. The van der Waals surface area contributed by atoms with E-state index >= 15 is 0 Å². The van der Waals surface area contributed by atoms with E-state index in [1.54, 1.807) is 0 Å². The number of carboxylic acids is 1. The van der Waals surface area contributed by atoms with E-state index in [0.717, 1.165) is 44.9 Å². The third kappa shape index (κ3) is 13.1. The molecule has 0 aliphatic carbocycles. The normalized spacial score (nSPS) is 14.1. The van der Waals surface area contributed by atoms with Crippen LogP contribution in [0.1, 0.15) is 64.7 Å². The average Bonchev–Trinajstić information content (AvgIpc) is 2.49. The maximum Gasteiger partial charge on any atom is 0.324 e. The van der Waals surface area contributed by atoms with Gasteiger partial charge in [0.05, 0.1) is 0 Å². The molecule has 1 unspecified atom stereocenters. The lowest BCUT2D eigenvalue weighted by Gasteiger charge is -2.08. The second-order valence-corrected chi connectivity index (χ2v) is 7.23. The molecule has 0 amide bonds. The lowest BCUT2D eigenvalue weighted by Crippen LogP contribution is -2.29. The van der Waals surface area contributed by atoms with Gasteiger partial charge in [-0.15, -0.1) is 0 Å². The van der Waals surface area contributed by atoms with Crippen LogP contribution in [0.15, 0.2) is 36.5 Å². The molecular formula is C18H30O5S. The highest BCUT2D eigenvalue weighted by Crippen LogP contribution is 2.12. The van der Waals surface area contributed by atoms with Crippen LogP contribution in [0.2, 0.25) is 0 Å². The van der Waals surface area contributed by atoms with Crippen molar-refractivity contribution in [2.75, 3.05) is 0 Å². The average molecular weight is 358 g/mol. The van der Waals surface area contributed by atoms with Gasteiger partial charge < -0.3 is 5.11 Å². The summed E-state index contributed by atoms with van der Waals surface area (Å²) < 4.78 is 30.6. The highest BCUT2D eigenvalue weighted by atomic mass is 32.2. The Hall–Kier alpha value is -1.40. The molecule has 0 radical (unpaired) electrons. The van der Waals surface area contributed by atoms with Crippen LogP contribution in [-0.2, 0) is 14.9 Å². The second kappa shape index (κ2) is 14.0. The Morgan fingerprint density at radius 1 is 0.917 bits per heavy atom. The standard InChI is InChI=1S/C18H30O5S/c1-2-3-4-5-6-7-8-9-10-11-12-13-14-15-16-17(18(19)20)24(21,22)23/h3-4,6-7,9-10,17H,2,5,8,11-16H2,1H3,(H,19,20)(H,21,22,23)/b4-3-,7-6-,10-9-. The number of unbranched alkanes of at least 4 members (excludes halogenated alkanes) is 4. The number of rotatable bonds is 14. The molecule has 0 aromatic rings. The van der Waals surface area contributed by atoms with E-state index in [1.165, 1.54) is 0 Å². The Morgan fingerprint density at radius 3 is 2.00 bits per heavy atom. The van der Waals surface area contributed by atoms with Gasteiger partial charge >= 0.3 is 5.97 Å². The molecule has 0 saturated carbocycles. The Labute approximate surface area is 145 Å². The van der Waals surface area contributed by atoms with Gasteiger partial charge in [0.15, 0.2) is 5.25 Å². The summed E-state index contributed by atoms with van der Waals surface area (Å²) in [6.07, 6.45) is 19.9. The first-order valence-corrected chi connectivity index (χ1v) is 10.0. The molecular weight excluding hydrogens is 328 g/mol. The minimum atomic E-state index is -4.50. The summed E-state index contributed by atoms with van der Waals surface area (Å²) in [5.41, 5.74) is 0. The molecule has 2 N–H and O–H groups in total. The summed E-state index contributed by atoms with van der Waals surface area (Å²) in [5.74, 6) is -1.49. The number of carbonyl (C=O) groups is 1. The van der Waals surface area contributed by atoms with Crippen molar-refractivity contribution in [2.45, 2.75) is 70.0 Å². The number of carboxylic acid groups (broad SMARTS) is 1. The molecule has 0 aliphatic heterocycles. The molecule has 0 heterocycles. The SMILES string of the molecule is CC/C=C\C/C=C\C/C=C\CCCCCCC(C(=O)O)S(=O)(=O)O. The van der Waals surface area contributed by atoms with E-state index in [4.69, 9.17) is 9.66 Å². The van der Waals surface area contributed by atoms with Crippen molar-refractivity contribution in [1.29, 1.82) is 0 Å². The van der Waals surface area contributed by atoms with Crippen LogP contribution in [0.3, 0.4) is 0 Å².